The maximum absolute atomic E-state index is 3.63. The SMILES string of the molecule is CCNC(c1cc(C)c(Br)s1)c1cc(C)ccc1C. The Morgan fingerprint density at radius 1 is 1.16 bits per heavy atom. The first-order valence-electron chi connectivity index (χ1n) is 6.59. The molecule has 1 nitrogen and oxygen atoms in total. The number of hydrogen-bond donors (Lipinski definition) is 1. The normalized spacial score (nSPS) is 12.7. The average Bonchev–Trinajstić information content (AvgIpc) is 2.70. The first-order valence-corrected chi connectivity index (χ1v) is 8.20. The van der Waals surface area contributed by atoms with E-state index in [0.717, 1.165) is 6.54 Å². The summed E-state index contributed by atoms with van der Waals surface area (Å²) in [5.41, 5.74) is 5.36. The topological polar surface area (TPSA) is 12.0 Å². The highest BCUT2D eigenvalue weighted by molar-refractivity contribution is 9.11. The minimum atomic E-state index is 0.292. The van der Waals surface area contributed by atoms with Gasteiger partial charge in [0, 0.05) is 4.88 Å². The summed E-state index contributed by atoms with van der Waals surface area (Å²) in [6.45, 7) is 9.62. The molecule has 0 amide bonds. The Morgan fingerprint density at radius 3 is 2.47 bits per heavy atom. The Labute approximate surface area is 128 Å². The van der Waals surface area contributed by atoms with Gasteiger partial charge in [-0.25, -0.2) is 0 Å². The van der Waals surface area contributed by atoms with Crippen molar-refractivity contribution >= 4 is 27.3 Å². The fourth-order valence-corrected chi connectivity index (χ4v) is 3.93. The number of rotatable bonds is 4. The van der Waals surface area contributed by atoms with Crippen LogP contribution in [0.4, 0.5) is 0 Å². The lowest BCUT2D eigenvalue weighted by Gasteiger charge is -2.19. The van der Waals surface area contributed by atoms with Crippen LogP contribution in [0.5, 0.6) is 0 Å². The molecule has 0 aliphatic heterocycles. The highest BCUT2D eigenvalue weighted by Gasteiger charge is 2.18. The summed E-state index contributed by atoms with van der Waals surface area (Å²) >= 11 is 5.46. The molecule has 1 heterocycles. The Balaban J connectivity index is 2.47. The van der Waals surface area contributed by atoms with Gasteiger partial charge < -0.3 is 5.32 Å². The molecule has 0 aliphatic rings. The van der Waals surface area contributed by atoms with Crippen molar-refractivity contribution in [3.05, 3.63) is 55.2 Å². The third-order valence-corrected chi connectivity index (χ3v) is 5.52. The smallest absolute Gasteiger partial charge is 0.0731 e. The van der Waals surface area contributed by atoms with E-state index in [1.807, 2.05) is 11.3 Å². The van der Waals surface area contributed by atoms with Crippen LogP contribution in [0.3, 0.4) is 0 Å². The average molecular weight is 338 g/mol. The lowest BCUT2D eigenvalue weighted by atomic mass is 9.97. The second kappa shape index (κ2) is 6.21. The van der Waals surface area contributed by atoms with E-state index < -0.39 is 0 Å². The summed E-state index contributed by atoms with van der Waals surface area (Å²) in [4.78, 5) is 1.37. The van der Waals surface area contributed by atoms with Gasteiger partial charge in [0.05, 0.1) is 9.83 Å². The zero-order valence-electron chi connectivity index (χ0n) is 11.9. The second-order valence-corrected chi connectivity index (χ2v) is 7.36. The molecule has 1 N–H and O–H groups in total. The number of halogens is 1. The third-order valence-electron chi connectivity index (χ3n) is 3.31. The van der Waals surface area contributed by atoms with Crippen LogP contribution < -0.4 is 5.32 Å². The minimum Gasteiger partial charge on any atom is -0.306 e. The van der Waals surface area contributed by atoms with Gasteiger partial charge in [-0.15, -0.1) is 11.3 Å². The third kappa shape index (κ3) is 3.28. The molecular formula is C16H20BrNS. The second-order valence-electron chi connectivity index (χ2n) is 4.96. The lowest BCUT2D eigenvalue weighted by Crippen LogP contribution is -2.22. The van der Waals surface area contributed by atoms with Gasteiger partial charge in [-0.2, -0.15) is 0 Å². The largest absolute Gasteiger partial charge is 0.306 e. The molecule has 2 aromatic rings. The van der Waals surface area contributed by atoms with Gasteiger partial charge in [0.15, 0.2) is 0 Å². The molecule has 0 radical (unpaired) electrons. The Morgan fingerprint density at radius 2 is 1.89 bits per heavy atom. The highest BCUT2D eigenvalue weighted by Crippen LogP contribution is 2.35. The van der Waals surface area contributed by atoms with Crippen LogP contribution in [-0.4, -0.2) is 6.54 Å². The fraction of sp³-hybridized carbons (Fsp3) is 0.375. The Bertz CT molecular complexity index is 555. The number of benzene rings is 1. The van der Waals surface area contributed by atoms with E-state index >= 15 is 0 Å². The van der Waals surface area contributed by atoms with E-state index in [-0.39, 0.29) is 0 Å². The quantitative estimate of drug-likeness (QED) is 0.814. The molecule has 1 atom stereocenters. The first-order chi connectivity index (χ1) is 9.02. The molecule has 1 aromatic carbocycles. The van der Waals surface area contributed by atoms with E-state index in [9.17, 15) is 0 Å². The van der Waals surface area contributed by atoms with Crippen LogP contribution in [0.25, 0.3) is 0 Å². The predicted molar refractivity (Wildman–Crippen MR) is 88.2 cm³/mol. The molecule has 0 saturated carbocycles. The van der Waals surface area contributed by atoms with Crippen molar-refractivity contribution in [2.45, 2.75) is 33.7 Å². The molecule has 0 aliphatic carbocycles. The summed E-state index contributed by atoms with van der Waals surface area (Å²) in [6, 6.07) is 9.26. The molecule has 102 valence electrons. The van der Waals surface area contributed by atoms with Gasteiger partial charge in [0.1, 0.15) is 0 Å². The predicted octanol–water partition coefficient (Wildman–Crippen LogP) is 5.13. The van der Waals surface area contributed by atoms with Gasteiger partial charge in [-0.3, -0.25) is 0 Å². The summed E-state index contributed by atoms with van der Waals surface area (Å²) < 4.78 is 1.23. The van der Waals surface area contributed by atoms with Crippen molar-refractivity contribution in [1.82, 2.24) is 5.32 Å². The molecule has 0 spiro atoms. The molecule has 19 heavy (non-hydrogen) atoms. The first kappa shape index (κ1) is 14.8. The molecule has 0 fully saturated rings. The van der Waals surface area contributed by atoms with Crippen molar-refractivity contribution in [2.24, 2.45) is 0 Å². The van der Waals surface area contributed by atoms with Gasteiger partial charge in [0.25, 0.3) is 0 Å². The number of nitrogens with one attached hydrogen (secondary N) is 1. The van der Waals surface area contributed by atoms with E-state index in [1.54, 1.807) is 0 Å². The highest BCUT2D eigenvalue weighted by atomic mass is 79.9. The van der Waals surface area contributed by atoms with E-state index in [1.165, 1.54) is 30.9 Å². The zero-order chi connectivity index (χ0) is 14.0. The molecule has 2 rings (SSSR count). The van der Waals surface area contributed by atoms with Crippen LogP contribution in [0.1, 0.15) is 40.1 Å². The van der Waals surface area contributed by atoms with Crippen molar-refractivity contribution < 1.29 is 0 Å². The summed E-state index contributed by atoms with van der Waals surface area (Å²) in [5.74, 6) is 0. The minimum absolute atomic E-state index is 0.292. The Hall–Kier alpha value is -0.640. The fourth-order valence-electron chi connectivity index (χ4n) is 2.26. The standard InChI is InChI=1S/C16H20BrNS/c1-5-18-15(14-9-12(4)16(17)19-14)13-8-10(2)6-7-11(13)3/h6-9,15,18H,5H2,1-4H3. The Kier molecular flexibility index (Phi) is 4.82. The number of aryl methyl sites for hydroxylation is 3. The van der Waals surface area contributed by atoms with Crippen molar-refractivity contribution in [3.63, 3.8) is 0 Å². The van der Waals surface area contributed by atoms with Gasteiger partial charge in [-0.05, 0) is 66.0 Å². The molecule has 0 bridgehead atoms. The molecule has 0 saturated heterocycles. The van der Waals surface area contributed by atoms with Crippen LogP contribution in [0.15, 0.2) is 28.1 Å². The van der Waals surface area contributed by atoms with E-state index in [2.05, 4.69) is 73.2 Å². The monoisotopic (exact) mass is 337 g/mol. The van der Waals surface area contributed by atoms with Crippen molar-refractivity contribution in [3.8, 4) is 0 Å². The summed E-state index contributed by atoms with van der Waals surface area (Å²) in [5, 5.41) is 3.61. The van der Waals surface area contributed by atoms with Crippen LogP contribution in [0.2, 0.25) is 0 Å². The molecule has 1 aromatic heterocycles. The van der Waals surface area contributed by atoms with E-state index in [0.29, 0.717) is 6.04 Å². The zero-order valence-corrected chi connectivity index (χ0v) is 14.3. The van der Waals surface area contributed by atoms with Crippen LogP contribution in [0, 0.1) is 20.8 Å². The molecule has 1 unspecified atom stereocenters. The number of thiophene rings is 1. The summed E-state index contributed by atoms with van der Waals surface area (Å²) in [7, 11) is 0. The summed E-state index contributed by atoms with van der Waals surface area (Å²) in [6.07, 6.45) is 0. The molecule has 3 heteroatoms. The van der Waals surface area contributed by atoms with Crippen molar-refractivity contribution in [1.29, 1.82) is 0 Å². The van der Waals surface area contributed by atoms with Gasteiger partial charge in [0.2, 0.25) is 0 Å². The lowest BCUT2D eigenvalue weighted by molar-refractivity contribution is 0.636. The van der Waals surface area contributed by atoms with Crippen LogP contribution in [-0.2, 0) is 0 Å². The maximum atomic E-state index is 3.63. The van der Waals surface area contributed by atoms with Crippen molar-refractivity contribution in [2.75, 3.05) is 6.54 Å². The molecular weight excluding hydrogens is 318 g/mol. The van der Waals surface area contributed by atoms with Gasteiger partial charge >= 0.3 is 0 Å². The maximum Gasteiger partial charge on any atom is 0.0731 e. The van der Waals surface area contributed by atoms with E-state index in [4.69, 9.17) is 0 Å². The number of hydrogen-bond acceptors (Lipinski definition) is 2. The van der Waals surface area contributed by atoms with Gasteiger partial charge in [-0.1, -0.05) is 30.7 Å². The van der Waals surface area contributed by atoms with Crippen LogP contribution >= 0.6 is 27.3 Å².